The van der Waals surface area contributed by atoms with Gasteiger partial charge in [-0.3, -0.25) is 4.68 Å². The maximum atomic E-state index is 5.41. The van der Waals surface area contributed by atoms with Gasteiger partial charge in [-0.15, -0.1) is 0 Å². The second-order valence-electron chi connectivity index (χ2n) is 5.24. The summed E-state index contributed by atoms with van der Waals surface area (Å²) in [7, 11) is 0. The second kappa shape index (κ2) is 4.58. The first-order valence-electron chi connectivity index (χ1n) is 6.27. The number of aromatic nitrogens is 2. The van der Waals surface area contributed by atoms with Crippen molar-refractivity contribution in [3.8, 4) is 0 Å². The molecule has 1 saturated heterocycles. The lowest BCUT2D eigenvalue weighted by atomic mass is 9.86. The summed E-state index contributed by atoms with van der Waals surface area (Å²) in [5.41, 5.74) is 1.58. The highest BCUT2D eigenvalue weighted by atomic mass is 16.5. The molecule has 1 aromatic heterocycles. The van der Waals surface area contributed by atoms with Crippen LogP contribution in [0.3, 0.4) is 0 Å². The number of hydrogen-bond donors (Lipinski definition) is 0. The van der Waals surface area contributed by atoms with Gasteiger partial charge in [0.1, 0.15) is 0 Å². The third-order valence-corrected chi connectivity index (χ3v) is 3.78. The van der Waals surface area contributed by atoms with Crippen LogP contribution in [0.4, 0.5) is 0 Å². The maximum Gasteiger partial charge on any atom is 0.0566 e. The molecule has 0 bridgehead atoms. The van der Waals surface area contributed by atoms with Gasteiger partial charge in [0.05, 0.1) is 6.04 Å². The van der Waals surface area contributed by atoms with Crippen LogP contribution in [0.5, 0.6) is 0 Å². The highest BCUT2D eigenvalue weighted by Gasteiger charge is 2.26. The average molecular weight is 222 g/mol. The Kier molecular flexibility index (Phi) is 3.33. The summed E-state index contributed by atoms with van der Waals surface area (Å²) in [5, 5.41) is 4.52. The van der Waals surface area contributed by atoms with Crippen LogP contribution >= 0.6 is 0 Å². The number of hydrogen-bond acceptors (Lipinski definition) is 2. The van der Waals surface area contributed by atoms with E-state index in [1.807, 2.05) is 6.20 Å². The minimum Gasteiger partial charge on any atom is -0.381 e. The van der Waals surface area contributed by atoms with E-state index >= 15 is 0 Å². The van der Waals surface area contributed by atoms with Crippen molar-refractivity contribution < 1.29 is 4.74 Å². The van der Waals surface area contributed by atoms with E-state index in [4.69, 9.17) is 4.74 Å². The van der Waals surface area contributed by atoms with Crippen LogP contribution in [-0.2, 0) is 10.2 Å². The molecule has 3 heteroatoms. The monoisotopic (exact) mass is 222 g/mol. The highest BCUT2D eigenvalue weighted by Crippen LogP contribution is 2.30. The van der Waals surface area contributed by atoms with Crippen molar-refractivity contribution >= 4 is 0 Å². The molecule has 2 rings (SSSR count). The highest BCUT2D eigenvalue weighted by molar-refractivity contribution is 5.14. The molecule has 0 unspecified atom stereocenters. The van der Waals surface area contributed by atoms with Crippen LogP contribution in [-0.4, -0.2) is 23.0 Å². The van der Waals surface area contributed by atoms with Gasteiger partial charge in [0.2, 0.25) is 0 Å². The lowest BCUT2D eigenvalue weighted by Gasteiger charge is -2.30. The van der Waals surface area contributed by atoms with Crippen molar-refractivity contribution in [2.75, 3.05) is 13.2 Å². The van der Waals surface area contributed by atoms with Gasteiger partial charge in [-0.1, -0.05) is 20.8 Å². The third-order valence-electron chi connectivity index (χ3n) is 3.78. The Morgan fingerprint density at radius 2 is 2.12 bits per heavy atom. The van der Waals surface area contributed by atoms with Crippen LogP contribution in [0.2, 0.25) is 0 Å². The summed E-state index contributed by atoms with van der Waals surface area (Å²) >= 11 is 0. The van der Waals surface area contributed by atoms with Crippen molar-refractivity contribution in [3.05, 3.63) is 18.0 Å². The van der Waals surface area contributed by atoms with E-state index in [2.05, 4.69) is 36.6 Å². The molecular formula is C13H22N2O. The topological polar surface area (TPSA) is 27.1 Å². The van der Waals surface area contributed by atoms with E-state index < -0.39 is 0 Å². The van der Waals surface area contributed by atoms with Crippen LogP contribution in [0.25, 0.3) is 0 Å². The molecular weight excluding hydrogens is 200 g/mol. The van der Waals surface area contributed by atoms with E-state index in [9.17, 15) is 0 Å². The summed E-state index contributed by atoms with van der Waals surface area (Å²) in [4.78, 5) is 0. The van der Waals surface area contributed by atoms with Crippen LogP contribution in [0, 0.1) is 0 Å². The Balaban J connectivity index is 2.24. The zero-order valence-corrected chi connectivity index (χ0v) is 10.6. The minimum absolute atomic E-state index is 0.217. The molecule has 1 aliphatic rings. The molecule has 1 fully saturated rings. The van der Waals surface area contributed by atoms with Crippen molar-refractivity contribution in [3.63, 3.8) is 0 Å². The molecule has 2 heterocycles. The zero-order valence-electron chi connectivity index (χ0n) is 10.6. The largest absolute Gasteiger partial charge is 0.381 e. The quantitative estimate of drug-likeness (QED) is 0.786. The lowest BCUT2D eigenvalue weighted by molar-refractivity contribution is 0.0644. The van der Waals surface area contributed by atoms with Gasteiger partial charge in [0.15, 0.2) is 0 Å². The number of ether oxygens (including phenoxy) is 1. The summed E-state index contributed by atoms with van der Waals surface area (Å²) in [5.74, 6) is 0. The molecule has 0 amide bonds. The van der Waals surface area contributed by atoms with Gasteiger partial charge in [-0.2, -0.15) is 5.10 Å². The Hall–Kier alpha value is -0.830. The van der Waals surface area contributed by atoms with Gasteiger partial charge < -0.3 is 4.74 Å². The first-order valence-corrected chi connectivity index (χ1v) is 6.27. The van der Waals surface area contributed by atoms with Crippen molar-refractivity contribution in [1.82, 2.24) is 9.78 Å². The van der Waals surface area contributed by atoms with Crippen molar-refractivity contribution in [2.45, 2.75) is 51.5 Å². The predicted octanol–water partition coefficient (Wildman–Crippen LogP) is 2.92. The third kappa shape index (κ3) is 2.14. The first-order chi connectivity index (χ1) is 7.65. The first kappa shape index (κ1) is 11.6. The van der Waals surface area contributed by atoms with E-state index in [1.165, 1.54) is 5.69 Å². The average Bonchev–Trinajstić information content (AvgIpc) is 2.80. The molecule has 1 aromatic rings. The zero-order chi connectivity index (χ0) is 11.6. The van der Waals surface area contributed by atoms with Gasteiger partial charge in [0.25, 0.3) is 0 Å². The Bertz CT molecular complexity index is 337. The molecule has 1 aliphatic heterocycles. The van der Waals surface area contributed by atoms with E-state index in [-0.39, 0.29) is 5.41 Å². The SMILES string of the molecule is CCC(C)(C)c1ccnn1C1CCOCC1. The molecule has 90 valence electrons. The molecule has 0 N–H and O–H groups in total. The van der Waals surface area contributed by atoms with Gasteiger partial charge in [-0.05, 0) is 25.3 Å². The van der Waals surface area contributed by atoms with Crippen molar-refractivity contribution in [1.29, 1.82) is 0 Å². The van der Waals surface area contributed by atoms with Crippen molar-refractivity contribution in [2.24, 2.45) is 0 Å². The van der Waals surface area contributed by atoms with Gasteiger partial charge in [-0.25, -0.2) is 0 Å². The predicted molar refractivity (Wildman–Crippen MR) is 64.6 cm³/mol. The summed E-state index contributed by atoms with van der Waals surface area (Å²) in [6, 6.07) is 2.70. The second-order valence-corrected chi connectivity index (χ2v) is 5.24. The Morgan fingerprint density at radius 1 is 1.44 bits per heavy atom. The number of nitrogens with zero attached hydrogens (tertiary/aromatic N) is 2. The minimum atomic E-state index is 0.217. The maximum absolute atomic E-state index is 5.41. The van der Waals surface area contributed by atoms with Crippen LogP contribution in [0.1, 0.15) is 51.8 Å². The molecule has 16 heavy (non-hydrogen) atoms. The standard InChI is InChI=1S/C13H22N2O/c1-4-13(2,3)12-5-8-14-15(12)11-6-9-16-10-7-11/h5,8,11H,4,6-7,9-10H2,1-3H3. The molecule has 3 nitrogen and oxygen atoms in total. The van der Waals surface area contributed by atoms with Crippen LogP contribution in [0.15, 0.2) is 12.3 Å². The molecule has 0 radical (unpaired) electrons. The fourth-order valence-electron chi connectivity index (χ4n) is 2.25. The number of rotatable bonds is 3. The fourth-order valence-corrected chi connectivity index (χ4v) is 2.25. The summed E-state index contributed by atoms with van der Waals surface area (Å²) in [6.07, 6.45) is 5.26. The van der Waals surface area contributed by atoms with E-state index in [0.717, 1.165) is 32.5 Å². The lowest BCUT2D eigenvalue weighted by Crippen LogP contribution is -2.27. The fraction of sp³-hybridized carbons (Fsp3) is 0.769. The molecule has 0 spiro atoms. The van der Waals surface area contributed by atoms with Crippen LogP contribution < -0.4 is 0 Å². The summed E-state index contributed by atoms with van der Waals surface area (Å²) < 4.78 is 7.64. The smallest absolute Gasteiger partial charge is 0.0566 e. The van der Waals surface area contributed by atoms with E-state index in [1.54, 1.807) is 0 Å². The molecule has 0 aliphatic carbocycles. The van der Waals surface area contributed by atoms with E-state index in [0.29, 0.717) is 6.04 Å². The molecule has 0 saturated carbocycles. The summed E-state index contributed by atoms with van der Waals surface area (Å²) in [6.45, 7) is 8.56. The Labute approximate surface area is 97.8 Å². The van der Waals surface area contributed by atoms with Gasteiger partial charge >= 0.3 is 0 Å². The van der Waals surface area contributed by atoms with Gasteiger partial charge in [0, 0.05) is 30.5 Å². The molecule has 0 aromatic carbocycles. The molecule has 0 atom stereocenters. The normalized spacial score (nSPS) is 18.9. The Morgan fingerprint density at radius 3 is 2.75 bits per heavy atom.